The Hall–Kier alpha value is -0.860. The summed E-state index contributed by atoms with van der Waals surface area (Å²) in [6, 6.07) is 9.81. The molecule has 1 saturated carbocycles. The normalized spacial score (nSPS) is 17.5. The molecule has 2 rings (SSSR count). The Balaban J connectivity index is 2.00. The molecule has 21 heavy (non-hydrogen) atoms. The fourth-order valence-electron chi connectivity index (χ4n) is 2.87. The van der Waals surface area contributed by atoms with Crippen LogP contribution in [0.5, 0.6) is 0 Å². The smallest absolute Gasteiger partial charge is 0.0424 e. The van der Waals surface area contributed by atoms with E-state index in [1.807, 2.05) is 0 Å². The third kappa shape index (κ3) is 4.82. The Morgan fingerprint density at radius 1 is 1.10 bits per heavy atom. The Bertz CT molecular complexity index is 438. The zero-order valence-electron chi connectivity index (χ0n) is 14.4. The quantitative estimate of drug-likeness (QED) is 0.853. The predicted octanol–water partition coefficient (Wildman–Crippen LogP) is 4.10. The van der Waals surface area contributed by atoms with Gasteiger partial charge in [-0.3, -0.25) is 4.90 Å². The minimum atomic E-state index is 0.123. The maximum absolute atomic E-state index is 6.45. The lowest BCUT2D eigenvalue weighted by atomic mass is 9.86. The van der Waals surface area contributed by atoms with E-state index in [1.54, 1.807) is 0 Å². The number of hydrogen-bond acceptors (Lipinski definition) is 2. The summed E-state index contributed by atoms with van der Waals surface area (Å²) in [6.45, 7) is 13.5. The molecule has 0 bridgehead atoms. The maximum atomic E-state index is 6.45. The summed E-state index contributed by atoms with van der Waals surface area (Å²) in [5.74, 6) is 0.709. The molecule has 1 aromatic carbocycles. The van der Waals surface area contributed by atoms with Crippen molar-refractivity contribution in [3.05, 3.63) is 35.4 Å². The summed E-state index contributed by atoms with van der Waals surface area (Å²) in [6.07, 6.45) is 2.70. The summed E-state index contributed by atoms with van der Waals surface area (Å²) < 4.78 is 0. The van der Waals surface area contributed by atoms with Crippen LogP contribution in [-0.4, -0.2) is 24.0 Å². The van der Waals surface area contributed by atoms with Gasteiger partial charge in [0.15, 0.2) is 0 Å². The average Bonchev–Trinajstić information content (AvgIpc) is 3.20. The molecule has 1 aromatic rings. The van der Waals surface area contributed by atoms with E-state index in [4.69, 9.17) is 5.73 Å². The summed E-state index contributed by atoms with van der Waals surface area (Å²) in [4.78, 5) is 2.59. The van der Waals surface area contributed by atoms with Gasteiger partial charge in [-0.2, -0.15) is 0 Å². The van der Waals surface area contributed by atoms with Gasteiger partial charge in [0.1, 0.15) is 0 Å². The molecule has 1 fully saturated rings. The van der Waals surface area contributed by atoms with Crippen LogP contribution < -0.4 is 5.73 Å². The molecule has 0 aliphatic heterocycles. The lowest BCUT2D eigenvalue weighted by Gasteiger charge is -2.27. The highest BCUT2D eigenvalue weighted by molar-refractivity contribution is 5.29. The van der Waals surface area contributed by atoms with Crippen molar-refractivity contribution in [1.29, 1.82) is 0 Å². The summed E-state index contributed by atoms with van der Waals surface area (Å²) in [5, 5.41) is 0. The minimum Gasteiger partial charge on any atom is -0.323 e. The molecule has 0 spiro atoms. The van der Waals surface area contributed by atoms with Gasteiger partial charge in [-0.15, -0.1) is 0 Å². The summed E-state index contributed by atoms with van der Waals surface area (Å²) >= 11 is 0. The fraction of sp³-hybridized carbons (Fsp3) is 0.684. The van der Waals surface area contributed by atoms with Crippen LogP contribution in [0.2, 0.25) is 0 Å². The molecule has 2 heteroatoms. The number of nitrogens with two attached hydrogens (primary N) is 1. The molecule has 0 heterocycles. The highest BCUT2D eigenvalue weighted by Crippen LogP contribution is 2.29. The van der Waals surface area contributed by atoms with Crippen LogP contribution in [0, 0.1) is 5.92 Å². The van der Waals surface area contributed by atoms with Crippen molar-refractivity contribution in [2.24, 2.45) is 11.7 Å². The van der Waals surface area contributed by atoms with Crippen LogP contribution in [0.25, 0.3) is 0 Å². The number of benzene rings is 1. The molecule has 1 unspecified atom stereocenters. The first-order valence-corrected chi connectivity index (χ1v) is 8.37. The van der Waals surface area contributed by atoms with Crippen LogP contribution in [0.1, 0.15) is 64.6 Å². The van der Waals surface area contributed by atoms with Crippen molar-refractivity contribution in [3.63, 3.8) is 0 Å². The monoisotopic (exact) mass is 288 g/mol. The van der Waals surface area contributed by atoms with Crippen LogP contribution in [0.4, 0.5) is 0 Å². The van der Waals surface area contributed by atoms with Crippen molar-refractivity contribution in [2.45, 2.75) is 65.0 Å². The Morgan fingerprint density at radius 3 is 2.10 bits per heavy atom. The third-order valence-corrected chi connectivity index (χ3v) is 4.30. The van der Waals surface area contributed by atoms with Gasteiger partial charge in [0, 0.05) is 25.2 Å². The molecule has 2 nitrogen and oxygen atoms in total. The van der Waals surface area contributed by atoms with Gasteiger partial charge in [0.2, 0.25) is 0 Å². The molecule has 0 saturated heterocycles. The zero-order chi connectivity index (χ0) is 15.6. The SMILES string of the molecule is CC(C)CN(CC(N)c1ccc(C(C)(C)C)cc1)C1CC1. The van der Waals surface area contributed by atoms with E-state index in [9.17, 15) is 0 Å². The lowest BCUT2D eigenvalue weighted by molar-refractivity contribution is 0.221. The first-order valence-electron chi connectivity index (χ1n) is 8.37. The Morgan fingerprint density at radius 2 is 1.67 bits per heavy atom. The molecule has 2 N–H and O–H groups in total. The molecular weight excluding hydrogens is 256 g/mol. The zero-order valence-corrected chi connectivity index (χ0v) is 14.4. The first-order chi connectivity index (χ1) is 9.77. The molecule has 0 aromatic heterocycles. The fourth-order valence-corrected chi connectivity index (χ4v) is 2.87. The number of nitrogens with zero attached hydrogens (tertiary/aromatic N) is 1. The van der Waals surface area contributed by atoms with Crippen LogP contribution in [0.15, 0.2) is 24.3 Å². The van der Waals surface area contributed by atoms with Crippen molar-refractivity contribution < 1.29 is 0 Å². The highest BCUT2D eigenvalue weighted by Gasteiger charge is 2.30. The van der Waals surface area contributed by atoms with Gasteiger partial charge in [-0.25, -0.2) is 0 Å². The number of hydrogen-bond donors (Lipinski definition) is 1. The lowest BCUT2D eigenvalue weighted by Crippen LogP contribution is -2.36. The van der Waals surface area contributed by atoms with Crippen LogP contribution in [0.3, 0.4) is 0 Å². The molecule has 1 atom stereocenters. The average molecular weight is 288 g/mol. The van der Waals surface area contributed by atoms with E-state index in [2.05, 4.69) is 63.8 Å². The number of rotatable bonds is 6. The molecule has 1 aliphatic rings. The maximum Gasteiger partial charge on any atom is 0.0424 e. The molecule has 118 valence electrons. The van der Waals surface area contributed by atoms with E-state index >= 15 is 0 Å². The van der Waals surface area contributed by atoms with Gasteiger partial charge < -0.3 is 5.73 Å². The second-order valence-corrected chi connectivity index (χ2v) is 8.06. The van der Waals surface area contributed by atoms with Crippen molar-refractivity contribution in [2.75, 3.05) is 13.1 Å². The van der Waals surface area contributed by atoms with Crippen LogP contribution in [-0.2, 0) is 5.41 Å². The standard InChI is InChI=1S/C19H32N2/c1-14(2)12-21(17-10-11-17)13-18(20)15-6-8-16(9-7-15)19(3,4)5/h6-9,14,17-18H,10-13,20H2,1-5H3. The predicted molar refractivity (Wildman–Crippen MR) is 91.5 cm³/mol. The van der Waals surface area contributed by atoms with Crippen LogP contribution >= 0.6 is 0 Å². The van der Waals surface area contributed by atoms with Gasteiger partial charge in [0.05, 0.1) is 0 Å². The van der Waals surface area contributed by atoms with Gasteiger partial charge in [-0.05, 0) is 35.3 Å². The van der Waals surface area contributed by atoms with Crippen molar-refractivity contribution in [1.82, 2.24) is 4.90 Å². The van der Waals surface area contributed by atoms with Gasteiger partial charge in [0.25, 0.3) is 0 Å². The van der Waals surface area contributed by atoms with Gasteiger partial charge >= 0.3 is 0 Å². The second kappa shape index (κ2) is 6.50. The second-order valence-electron chi connectivity index (χ2n) is 8.06. The molecular formula is C19H32N2. The Kier molecular flexibility index (Phi) is 5.11. The van der Waals surface area contributed by atoms with E-state index in [0.717, 1.165) is 12.6 Å². The first kappa shape index (κ1) is 16.5. The van der Waals surface area contributed by atoms with Crippen molar-refractivity contribution >= 4 is 0 Å². The topological polar surface area (TPSA) is 29.3 Å². The Labute approximate surface area is 130 Å². The van der Waals surface area contributed by atoms with E-state index < -0.39 is 0 Å². The largest absolute Gasteiger partial charge is 0.323 e. The van der Waals surface area contributed by atoms with E-state index in [-0.39, 0.29) is 11.5 Å². The van der Waals surface area contributed by atoms with Crippen molar-refractivity contribution in [3.8, 4) is 0 Å². The summed E-state index contributed by atoms with van der Waals surface area (Å²) in [5.41, 5.74) is 9.30. The molecule has 1 aliphatic carbocycles. The van der Waals surface area contributed by atoms with Gasteiger partial charge in [-0.1, -0.05) is 58.9 Å². The minimum absolute atomic E-state index is 0.123. The molecule has 0 radical (unpaired) electrons. The highest BCUT2D eigenvalue weighted by atomic mass is 15.2. The molecule has 0 amide bonds. The third-order valence-electron chi connectivity index (χ3n) is 4.30. The van der Waals surface area contributed by atoms with E-state index in [0.29, 0.717) is 5.92 Å². The summed E-state index contributed by atoms with van der Waals surface area (Å²) in [7, 11) is 0. The van der Waals surface area contributed by atoms with E-state index in [1.165, 1.54) is 30.5 Å².